The lowest BCUT2D eigenvalue weighted by Crippen LogP contribution is -2.55. The van der Waals surface area contributed by atoms with Crippen LogP contribution < -0.4 is 0 Å². The van der Waals surface area contributed by atoms with Gasteiger partial charge < -0.3 is 4.90 Å². The fourth-order valence-electron chi connectivity index (χ4n) is 6.64. The molecule has 0 heterocycles. The minimum absolute atomic E-state index is 0.0792. The van der Waals surface area contributed by atoms with E-state index in [9.17, 15) is 13.2 Å². The fraction of sp³-hybridized carbons (Fsp3) is 0.947. The molecule has 0 aromatic carbocycles. The summed E-state index contributed by atoms with van der Waals surface area (Å²) in [6, 6.07) is 0.0675. The van der Waals surface area contributed by atoms with Crippen LogP contribution in [0, 0.1) is 17.3 Å². The molecule has 0 saturated heterocycles. The second kappa shape index (κ2) is 5.95. The van der Waals surface area contributed by atoms with E-state index in [4.69, 9.17) is 0 Å². The summed E-state index contributed by atoms with van der Waals surface area (Å²) < 4.78 is 23.7. The van der Waals surface area contributed by atoms with Crippen molar-refractivity contribution in [2.75, 3.05) is 12.0 Å². The van der Waals surface area contributed by atoms with E-state index < -0.39 is 9.84 Å². The molecule has 0 aliphatic heterocycles. The van der Waals surface area contributed by atoms with Gasteiger partial charge in [-0.05, 0) is 75.5 Å². The van der Waals surface area contributed by atoms with Gasteiger partial charge in [-0.3, -0.25) is 4.79 Å². The number of nitrogens with zero attached hydrogens (tertiary/aromatic N) is 1. The SMILES string of the molecule is CC(CS(C)(=O)=O)N(C(=O)CC12CC3CC(CC(Br)(C3)C1)C2)C1CC1. The van der Waals surface area contributed by atoms with Gasteiger partial charge in [0.05, 0.1) is 5.75 Å². The van der Waals surface area contributed by atoms with Gasteiger partial charge in [0.15, 0.2) is 0 Å². The van der Waals surface area contributed by atoms with Crippen LogP contribution in [0.5, 0.6) is 0 Å². The van der Waals surface area contributed by atoms with Crippen LogP contribution in [0.2, 0.25) is 0 Å². The molecule has 0 N–H and O–H groups in total. The Hall–Kier alpha value is -0.100. The Kier molecular flexibility index (Phi) is 4.35. The summed E-state index contributed by atoms with van der Waals surface area (Å²) in [5, 5.41) is 0. The van der Waals surface area contributed by atoms with Crippen molar-refractivity contribution in [3.63, 3.8) is 0 Å². The van der Waals surface area contributed by atoms with Crippen LogP contribution in [-0.4, -0.2) is 47.6 Å². The number of hydrogen-bond donors (Lipinski definition) is 0. The predicted octanol–water partition coefficient (Wildman–Crippen LogP) is 3.53. The molecule has 0 spiro atoms. The van der Waals surface area contributed by atoms with E-state index in [0.717, 1.165) is 31.1 Å². The number of carbonyl (C=O) groups excluding carboxylic acids is 1. The zero-order valence-corrected chi connectivity index (χ0v) is 17.7. The van der Waals surface area contributed by atoms with Gasteiger partial charge in [-0.2, -0.15) is 0 Å². The molecule has 5 fully saturated rings. The number of rotatable bonds is 6. The summed E-state index contributed by atoms with van der Waals surface area (Å²) in [6.45, 7) is 1.91. The number of amides is 1. The standard InChI is InChI=1S/C19H30BrNO3S/c1-13(11-25(2,23)24)21(16-3-4-16)17(22)10-18-6-14-5-15(7-18)9-19(20,8-14)12-18/h13-16H,3-12H2,1-2H3. The van der Waals surface area contributed by atoms with E-state index in [1.54, 1.807) is 0 Å². The van der Waals surface area contributed by atoms with Gasteiger partial charge in [0.25, 0.3) is 0 Å². The first-order chi connectivity index (χ1) is 11.6. The first-order valence-electron chi connectivity index (χ1n) is 9.74. The first-order valence-corrected chi connectivity index (χ1v) is 12.6. The minimum Gasteiger partial charge on any atom is -0.336 e. The zero-order chi connectivity index (χ0) is 18.0. The highest BCUT2D eigenvalue weighted by Gasteiger charge is 2.57. The average molecular weight is 432 g/mol. The van der Waals surface area contributed by atoms with Crippen molar-refractivity contribution in [2.45, 2.75) is 81.1 Å². The highest BCUT2D eigenvalue weighted by Crippen LogP contribution is 2.65. The molecule has 5 aliphatic carbocycles. The van der Waals surface area contributed by atoms with Gasteiger partial charge in [-0.25, -0.2) is 8.42 Å². The molecule has 1 amide bonds. The lowest BCUT2D eigenvalue weighted by molar-refractivity contribution is -0.140. The van der Waals surface area contributed by atoms with E-state index in [1.165, 1.54) is 38.4 Å². The Morgan fingerprint density at radius 2 is 1.80 bits per heavy atom. The third-order valence-corrected chi connectivity index (χ3v) is 8.90. The summed E-state index contributed by atoms with van der Waals surface area (Å²) in [6.07, 6.45) is 11.4. The van der Waals surface area contributed by atoms with E-state index >= 15 is 0 Å². The average Bonchev–Trinajstić information content (AvgIpc) is 3.16. The largest absolute Gasteiger partial charge is 0.336 e. The first kappa shape index (κ1) is 18.3. The van der Waals surface area contributed by atoms with Crippen LogP contribution in [0.15, 0.2) is 0 Å². The lowest BCUT2D eigenvalue weighted by atomic mass is 9.48. The summed E-state index contributed by atoms with van der Waals surface area (Å²) in [7, 11) is -3.07. The molecule has 4 bridgehead atoms. The topological polar surface area (TPSA) is 54.5 Å². The molecule has 3 unspecified atom stereocenters. The van der Waals surface area contributed by atoms with Crippen LogP contribution in [0.1, 0.15) is 64.7 Å². The maximum absolute atomic E-state index is 13.3. The van der Waals surface area contributed by atoms with E-state index in [2.05, 4.69) is 15.9 Å². The minimum atomic E-state index is -3.07. The Morgan fingerprint density at radius 3 is 2.28 bits per heavy atom. The number of hydrogen-bond acceptors (Lipinski definition) is 3. The van der Waals surface area contributed by atoms with Gasteiger partial charge in [0.2, 0.25) is 5.91 Å². The molecule has 5 rings (SSSR count). The van der Waals surface area contributed by atoms with Crippen molar-refractivity contribution in [2.24, 2.45) is 17.3 Å². The fourth-order valence-corrected chi connectivity index (χ4v) is 9.18. The molecule has 3 atom stereocenters. The van der Waals surface area contributed by atoms with Gasteiger partial charge in [0.1, 0.15) is 9.84 Å². The molecule has 5 saturated carbocycles. The molecule has 5 aliphatic rings. The monoisotopic (exact) mass is 431 g/mol. The number of carbonyl (C=O) groups is 1. The van der Waals surface area contributed by atoms with Crippen LogP contribution >= 0.6 is 15.9 Å². The highest BCUT2D eigenvalue weighted by atomic mass is 79.9. The van der Waals surface area contributed by atoms with Crippen molar-refractivity contribution < 1.29 is 13.2 Å². The zero-order valence-electron chi connectivity index (χ0n) is 15.3. The normalized spacial score (nSPS) is 40.9. The second-order valence-corrected chi connectivity index (χ2v) is 13.6. The van der Waals surface area contributed by atoms with Crippen LogP contribution in [0.3, 0.4) is 0 Å². The van der Waals surface area contributed by atoms with Crippen LogP contribution in [-0.2, 0) is 14.6 Å². The van der Waals surface area contributed by atoms with Crippen molar-refractivity contribution in [1.29, 1.82) is 0 Å². The van der Waals surface area contributed by atoms with Gasteiger partial charge >= 0.3 is 0 Å². The van der Waals surface area contributed by atoms with Crippen molar-refractivity contribution in [3.05, 3.63) is 0 Å². The molecule has 4 nitrogen and oxygen atoms in total. The lowest BCUT2D eigenvalue weighted by Gasteiger charge is -2.60. The molecule has 0 radical (unpaired) electrons. The summed E-state index contributed by atoms with van der Waals surface area (Å²) >= 11 is 4.03. The smallest absolute Gasteiger partial charge is 0.223 e. The molecular formula is C19H30BrNO3S. The maximum atomic E-state index is 13.3. The Labute approximate surface area is 160 Å². The molecule has 6 heteroatoms. The molecular weight excluding hydrogens is 402 g/mol. The van der Waals surface area contributed by atoms with Crippen LogP contribution in [0.4, 0.5) is 0 Å². The third kappa shape index (κ3) is 3.80. The van der Waals surface area contributed by atoms with E-state index in [-0.39, 0.29) is 33.5 Å². The van der Waals surface area contributed by atoms with Crippen molar-refractivity contribution in [3.8, 4) is 0 Å². The molecule has 0 aromatic rings. The van der Waals surface area contributed by atoms with Crippen LogP contribution in [0.25, 0.3) is 0 Å². The number of halogens is 1. The van der Waals surface area contributed by atoms with Gasteiger partial charge in [0, 0.05) is 29.1 Å². The summed E-state index contributed by atoms with van der Waals surface area (Å²) in [5.74, 6) is 1.83. The third-order valence-electron chi connectivity index (χ3n) is 6.88. The Balaban J connectivity index is 1.50. The molecule has 0 aromatic heterocycles. The second-order valence-electron chi connectivity index (χ2n) is 9.76. The Bertz CT molecular complexity index is 658. The quantitative estimate of drug-likeness (QED) is 0.604. The molecule has 25 heavy (non-hydrogen) atoms. The van der Waals surface area contributed by atoms with E-state index in [1.807, 2.05) is 11.8 Å². The van der Waals surface area contributed by atoms with Gasteiger partial charge in [-0.1, -0.05) is 15.9 Å². The number of alkyl halides is 1. The van der Waals surface area contributed by atoms with Crippen molar-refractivity contribution >= 4 is 31.7 Å². The highest BCUT2D eigenvalue weighted by molar-refractivity contribution is 9.10. The van der Waals surface area contributed by atoms with Gasteiger partial charge in [-0.15, -0.1) is 0 Å². The van der Waals surface area contributed by atoms with Crippen molar-refractivity contribution in [1.82, 2.24) is 4.90 Å². The number of sulfone groups is 1. The summed E-state index contributed by atoms with van der Waals surface area (Å²) in [5.41, 5.74) is 0.155. The Morgan fingerprint density at radius 1 is 1.20 bits per heavy atom. The maximum Gasteiger partial charge on any atom is 0.223 e. The van der Waals surface area contributed by atoms with E-state index in [0.29, 0.717) is 6.42 Å². The summed E-state index contributed by atoms with van der Waals surface area (Å²) in [4.78, 5) is 15.2. The molecule has 142 valence electrons. The predicted molar refractivity (Wildman–Crippen MR) is 102 cm³/mol.